The van der Waals surface area contributed by atoms with E-state index in [9.17, 15) is 5.21 Å². The average Bonchev–Trinajstić information content (AvgIpc) is 2.04. The highest BCUT2D eigenvalue weighted by atomic mass is 32.1. The van der Waals surface area contributed by atoms with E-state index in [1.165, 1.54) is 0 Å². The van der Waals surface area contributed by atoms with Gasteiger partial charge in [-0.05, 0) is 12.1 Å². The van der Waals surface area contributed by atoms with Crippen LogP contribution >= 0.6 is 13.5 Å². The molecule has 0 aliphatic carbocycles. The Morgan fingerprint density at radius 2 is 1.64 bits per heavy atom. The average molecular weight is 211 g/mol. The van der Waals surface area contributed by atoms with Crippen LogP contribution in [0.1, 0.15) is 26.3 Å². The third-order valence-corrected chi connectivity index (χ3v) is 1.73. The molecule has 3 heteroatoms. The Morgan fingerprint density at radius 3 is 2.07 bits per heavy atom. The predicted octanol–water partition coefficient (Wildman–Crippen LogP) is 2.53. The fourth-order valence-corrected chi connectivity index (χ4v) is 0.868. The molecule has 0 aliphatic rings. The van der Waals surface area contributed by atoms with Gasteiger partial charge in [-0.2, -0.15) is 13.5 Å². The van der Waals surface area contributed by atoms with Crippen molar-refractivity contribution < 1.29 is 4.74 Å². The minimum Gasteiger partial charge on any atom is -0.623 e. The first kappa shape index (κ1) is 13.0. The van der Waals surface area contributed by atoms with Crippen molar-refractivity contribution in [2.75, 3.05) is 0 Å². The molecular formula is C11H17NOS. The zero-order valence-electron chi connectivity index (χ0n) is 8.82. The van der Waals surface area contributed by atoms with Gasteiger partial charge in [0.15, 0.2) is 11.8 Å². The van der Waals surface area contributed by atoms with E-state index in [1.54, 1.807) is 6.21 Å². The molecule has 0 saturated heterocycles. The molecule has 0 N–H and O–H groups in total. The minimum atomic E-state index is -0.365. The molecule has 1 rings (SSSR count). The number of nitrogens with zero attached hydrogens (tertiary/aromatic N) is 1. The summed E-state index contributed by atoms with van der Waals surface area (Å²) in [6.45, 7) is 5.66. The molecule has 0 aromatic heterocycles. The second-order valence-electron chi connectivity index (χ2n) is 4.04. The quantitative estimate of drug-likeness (QED) is 0.303. The van der Waals surface area contributed by atoms with E-state index in [0.29, 0.717) is 0 Å². The summed E-state index contributed by atoms with van der Waals surface area (Å²) in [4.78, 5) is 0. The predicted molar refractivity (Wildman–Crippen MR) is 65.4 cm³/mol. The maximum atomic E-state index is 11.5. The third kappa shape index (κ3) is 3.83. The summed E-state index contributed by atoms with van der Waals surface area (Å²) in [6.07, 6.45) is 1.61. The lowest BCUT2D eigenvalue weighted by atomic mass is 10.1. The summed E-state index contributed by atoms with van der Waals surface area (Å²) in [5, 5.41) is 11.5. The fraction of sp³-hybridized carbons (Fsp3) is 0.364. The van der Waals surface area contributed by atoms with Gasteiger partial charge in [0.25, 0.3) is 0 Å². The lowest BCUT2D eigenvalue weighted by Crippen LogP contribution is -2.29. The number of hydroxylamine groups is 1. The maximum absolute atomic E-state index is 11.5. The van der Waals surface area contributed by atoms with Crippen molar-refractivity contribution in [1.29, 1.82) is 0 Å². The summed E-state index contributed by atoms with van der Waals surface area (Å²) >= 11 is 0. The Kier molecular flexibility index (Phi) is 4.71. The standard InChI is InChI=1S/C11H15NO.H2S/c1-11(2,3)12(13)9-10-7-5-4-6-8-10;/h4-9H,1-3H3;1H2. The smallest absolute Gasteiger partial charge is 0.182 e. The second-order valence-corrected chi connectivity index (χ2v) is 4.04. The molecule has 2 nitrogen and oxygen atoms in total. The molecule has 1 aromatic rings. The lowest BCUT2D eigenvalue weighted by Gasteiger charge is -2.18. The first-order chi connectivity index (χ1) is 6.00. The minimum absolute atomic E-state index is 0. The molecule has 78 valence electrons. The molecular weight excluding hydrogens is 194 g/mol. The zero-order valence-corrected chi connectivity index (χ0v) is 9.82. The Hall–Kier alpha value is -0.960. The number of hydrogen-bond acceptors (Lipinski definition) is 1. The number of benzene rings is 1. The molecule has 0 spiro atoms. The van der Waals surface area contributed by atoms with Crippen molar-refractivity contribution in [3.8, 4) is 0 Å². The van der Waals surface area contributed by atoms with Gasteiger partial charge in [-0.15, -0.1) is 0 Å². The summed E-state index contributed by atoms with van der Waals surface area (Å²) in [5.74, 6) is 0. The monoisotopic (exact) mass is 211 g/mol. The SMILES string of the molecule is CC(C)(C)[N+]([O-])=Cc1ccccc1.S. The van der Waals surface area contributed by atoms with Crippen LogP contribution in [0.3, 0.4) is 0 Å². The first-order valence-corrected chi connectivity index (χ1v) is 4.36. The van der Waals surface area contributed by atoms with E-state index in [1.807, 2.05) is 51.1 Å². The molecule has 0 unspecified atom stereocenters. The highest BCUT2D eigenvalue weighted by Crippen LogP contribution is 2.05. The summed E-state index contributed by atoms with van der Waals surface area (Å²) in [7, 11) is 0. The van der Waals surface area contributed by atoms with Crippen LogP contribution in [0.15, 0.2) is 30.3 Å². The van der Waals surface area contributed by atoms with Crippen molar-refractivity contribution in [2.24, 2.45) is 0 Å². The molecule has 0 atom stereocenters. The molecule has 14 heavy (non-hydrogen) atoms. The topological polar surface area (TPSA) is 26.1 Å². The van der Waals surface area contributed by atoms with Gasteiger partial charge in [-0.25, -0.2) is 4.74 Å². The molecule has 0 radical (unpaired) electrons. The second kappa shape index (κ2) is 5.05. The molecule has 0 bridgehead atoms. The van der Waals surface area contributed by atoms with Gasteiger partial charge in [-0.1, -0.05) is 18.2 Å². The normalized spacial score (nSPS) is 12.1. The van der Waals surface area contributed by atoms with E-state index in [0.717, 1.165) is 10.3 Å². The van der Waals surface area contributed by atoms with Crippen LogP contribution in [0.25, 0.3) is 0 Å². The summed E-state index contributed by atoms with van der Waals surface area (Å²) < 4.78 is 0.975. The van der Waals surface area contributed by atoms with Crippen molar-refractivity contribution >= 4 is 19.7 Å². The third-order valence-electron chi connectivity index (χ3n) is 1.73. The van der Waals surface area contributed by atoms with Crippen LogP contribution in [0.4, 0.5) is 0 Å². The van der Waals surface area contributed by atoms with Crippen molar-refractivity contribution in [3.63, 3.8) is 0 Å². The lowest BCUT2D eigenvalue weighted by molar-refractivity contribution is -0.530. The van der Waals surface area contributed by atoms with Crippen molar-refractivity contribution in [1.82, 2.24) is 0 Å². The highest BCUT2D eigenvalue weighted by Gasteiger charge is 2.17. The van der Waals surface area contributed by atoms with Gasteiger partial charge < -0.3 is 5.21 Å². The summed E-state index contributed by atoms with van der Waals surface area (Å²) in [6, 6.07) is 9.60. The van der Waals surface area contributed by atoms with Gasteiger partial charge in [-0.3, -0.25) is 0 Å². The van der Waals surface area contributed by atoms with Crippen LogP contribution in [0.5, 0.6) is 0 Å². The van der Waals surface area contributed by atoms with Crippen LogP contribution in [0.2, 0.25) is 0 Å². The van der Waals surface area contributed by atoms with Crippen LogP contribution in [-0.2, 0) is 0 Å². The Bertz CT molecular complexity index is 301. The molecule has 1 aromatic carbocycles. The van der Waals surface area contributed by atoms with Crippen molar-refractivity contribution in [3.05, 3.63) is 41.1 Å². The highest BCUT2D eigenvalue weighted by molar-refractivity contribution is 7.59. The van der Waals surface area contributed by atoms with E-state index in [4.69, 9.17) is 0 Å². The number of rotatable bonds is 1. The Morgan fingerprint density at radius 1 is 1.14 bits per heavy atom. The Balaban J connectivity index is 0.00000169. The summed E-state index contributed by atoms with van der Waals surface area (Å²) in [5.41, 5.74) is 0.572. The van der Waals surface area contributed by atoms with Crippen LogP contribution in [-0.4, -0.2) is 16.5 Å². The largest absolute Gasteiger partial charge is 0.623 e. The molecule has 0 fully saturated rings. The van der Waals surface area contributed by atoms with Crippen molar-refractivity contribution in [2.45, 2.75) is 26.3 Å². The Labute approximate surface area is 92.3 Å². The van der Waals surface area contributed by atoms with Gasteiger partial charge in [0.2, 0.25) is 0 Å². The van der Waals surface area contributed by atoms with E-state index >= 15 is 0 Å². The van der Waals surface area contributed by atoms with Gasteiger partial charge in [0, 0.05) is 26.3 Å². The van der Waals surface area contributed by atoms with Gasteiger partial charge in [0.05, 0.1) is 0 Å². The van der Waals surface area contributed by atoms with Crippen LogP contribution in [0, 0.1) is 5.21 Å². The number of hydrogen-bond donors (Lipinski definition) is 0. The van der Waals surface area contributed by atoms with E-state index in [2.05, 4.69) is 0 Å². The molecule has 0 saturated carbocycles. The van der Waals surface area contributed by atoms with Gasteiger partial charge in [0.1, 0.15) is 0 Å². The fourth-order valence-electron chi connectivity index (χ4n) is 0.868. The van der Waals surface area contributed by atoms with E-state index < -0.39 is 0 Å². The van der Waals surface area contributed by atoms with Crippen LogP contribution < -0.4 is 0 Å². The first-order valence-electron chi connectivity index (χ1n) is 4.36. The van der Waals surface area contributed by atoms with E-state index in [-0.39, 0.29) is 19.0 Å². The van der Waals surface area contributed by atoms with Gasteiger partial charge >= 0.3 is 0 Å². The maximum Gasteiger partial charge on any atom is 0.182 e. The molecule has 0 amide bonds. The molecule has 0 heterocycles. The molecule has 0 aliphatic heterocycles. The zero-order chi connectivity index (χ0) is 9.90.